The molecule has 0 saturated carbocycles. The highest BCUT2D eigenvalue weighted by Gasteiger charge is 2.26. The average molecular weight is 374 g/mol. The standard InChI is InChI=1S/C22H22N4O2/c27-15-16-6-8-18(9-7-16)21(28)24-19-11-13-26(14-19)22-23-12-10-20(25-22)17-4-2-1-3-5-17/h1-10,12,19,27H,11,13-15H2,(H,24,28). The number of nitrogens with zero attached hydrogens (tertiary/aromatic N) is 3. The largest absolute Gasteiger partial charge is 0.392 e. The van der Waals surface area contributed by atoms with Crippen LogP contribution >= 0.6 is 0 Å². The Hall–Kier alpha value is -3.25. The molecule has 28 heavy (non-hydrogen) atoms. The summed E-state index contributed by atoms with van der Waals surface area (Å²) in [5.41, 5.74) is 3.33. The highest BCUT2D eigenvalue weighted by atomic mass is 16.3. The molecule has 1 fully saturated rings. The maximum atomic E-state index is 12.5. The minimum absolute atomic E-state index is 0.0263. The van der Waals surface area contributed by atoms with E-state index >= 15 is 0 Å². The van der Waals surface area contributed by atoms with Crippen LogP contribution in [0.15, 0.2) is 66.9 Å². The zero-order valence-electron chi connectivity index (χ0n) is 15.5. The van der Waals surface area contributed by atoms with Gasteiger partial charge in [0.25, 0.3) is 5.91 Å². The molecular weight excluding hydrogens is 352 g/mol. The van der Waals surface area contributed by atoms with Gasteiger partial charge in [-0.3, -0.25) is 4.79 Å². The molecule has 1 aliphatic rings. The summed E-state index contributed by atoms with van der Waals surface area (Å²) in [4.78, 5) is 23.7. The number of anilines is 1. The predicted molar refractivity (Wildman–Crippen MR) is 108 cm³/mol. The third kappa shape index (κ3) is 4.02. The topological polar surface area (TPSA) is 78.4 Å². The van der Waals surface area contributed by atoms with Crippen LogP contribution in [0.5, 0.6) is 0 Å². The molecule has 2 N–H and O–H groups in total. The molecule has 1 aromatic heterocycles. The summed E-state index contributed by atoms with van der Waals surface area (Å²) in [6.07, 6.45) is 2.62. The Balaban J connectivity index is 1.40. The van der Waals surface area contributed by atoms with Crippen molar-refractivity contribution in [3.05, 3.63) is 78.0 Å². The zero-order valence-corrected chi connectivity index (χ0v) is 15.5. The third-order valence-corrected chi connectivity index (χ3v) is 4.92. The van der Waals surface area contributed by atoms with Crippen molar-refractivity contribution in [3.8, 4) is 11.3 Å². The van der Waals surface area contributed by atoms with E-state index in [4.69, 9.17) is 10.1 Å². The van der Waals surface area contributed by atoms with E-state index in [1.165, 1.54) is 0 Å². The molecule has 1 unspecified atom stereocenters. The highest BCUT2D eigenvalue weighted by Crippen LogP contribution is 2.21. The van der Waals surface area contributed by atoms with Crippen LogP contribution in [0.25, 0.3) is 11.3 Å². The normalized spacial score (nSPS) is 16.2. The minimum atomic E-state index is -0.102. The van der Waals surface area contributed by atoms with E-state index in [0.29, 0.717) is 18.1 Å². The van der Waals surface area contributed by atoms with Crippen molar-refractivity contribution in [1.29, 1.82) is 0 Å². The molecule has 2 heterocycles. The summed E-state index contributed by atoms with van der Waals surface area (Å²) in [5, 5.41) is 12.2. The van der Waals surface area contributed by atoms with Gasteiger partial charge in [-0.25, -0.2) is 9.97 Å². The van der Waals surface area contributed by atoms with Crippen molar-refractivity contribution >= 4 is 11.9 Å². The van der Waals surface area contributed by atoms with E-state index in [2.05, 4.69) is 15.2 Å². The van der Waals surface area contributed by atoms with Crippen LogP contribution < -0.4 is 10.2 Å². The number of carbonyl (C=O) groups excluding carboxylic acids is 1. The number of hydrogen-bond donors (Lipinski definition) is 2. The molecule has 0 radical (unpaired) electrons. The molecule has 2 aromatic carbocycles. The molecule has 6 nitrogen and oxygen atoms in total. The van der Waals surface area contributed by atoms with E-state index in [1.807, 2.05) is 36.4 Å². The van der Waals surface area contributed by atoms with Crippen molar-refractivity contribution in [2.75, 3.05) is 18.0 Å². The summed E-state index contributed by atoms with van der Waals surface area (Å²) in [7, 11) is 0. The minimum Gasteiger partial charge on any atom is -0.392 e. The van der Waals surface area contributed by atoms with Crippen molar-refractivity contribution < 1.29 is 9.90 Å². The fourth-order valence-electron chi connectivity index (χ4n) is 3.36. The quantitative estimate of drug-likeness (QED) is 0.718. The highest BCUT2D eigenvalue weighted by molar-refractivity contribution is 5.94. The van der Waals surface area contributed by atoms with Gasteiger partial charge in [0.2, 0.25) is 5.95 Å². The summed E-state index contributed by atoms with van der Waals surface area (Å²) in [5.74, 6) is 0.584. The molecule has 0 spiro atoms. The van der Waals surface area contributed by atoms with Crippen LogP contribution in [-0.2, 0) is 6.61 Å². The first-order valence-electron chi connectivity index (χ1n) is 9.37. The molecule has 6 heteroatoms. The van der Waals surface area contributed by atoms with Crippen LogP contribution in [0, 0.1) is 0 Å². The monoisotopic (exact) mass is 374 g/mol. The van der Waals surface area contributed by atoms with Gasteiger partial charge < -0.3 is 15.3 Å². The Labute approximate surface area is 163 Å². The van der Waals surface area contributed by atoms with Gasteiger partial charge in [0.15, 0.2) is 0 Å². The molecule has 0 aliphatic carbocycles. The molecule has 3 aromatic rings. The first-order valence-corrected chi connectivity index (χ1v) is 9.37. The number of nitrogens with one attached hydrogen (secondary N) is 1. The lowest BCUT2D eigenvalue weighted by Gasteiger charge is -2.17. The number of carbonyl (C=O) groups is 1. The lowest BCUT2D eigenvalue weighted by Crippen LogP contribution is -2.37. The van der Waals surface area contributed by atoms with Gasteiger partial charge in [0.1, 0.15) is 0 Å². The molecule has 1 aliphatic heterocycles. The fourth-order valence-corrected chi connectivity index (χ4v) is 3.36. The number of hydrogen-bond acceptors (Lipinski definition) is 5. The molecule has 0 bridgehead atoms. The Bertz CT molecular complexity index is 944. The van der Waals surface area contributed by atoms with E-state index in [-0.39, 0.29) is 18.6 Å². The van der Waals surface area contributed by atoms with Crippen LogP contribution in [-0.4, -0.2) is 40.1 Å². The lowest BCUT2D eigenvalue weighted by atomic mass is 10.1. The lowest BCUT2D eigenvalue weighted by molar-refractivity contribution is 0.0940. The molecule has 4 rings (SSSR count). The van der Waals surface area contributed by atoms with Gasteiger partial charge in [-0.2, -0.15) is 0 Å². The summed E-state index contributed by atoms with van der Waals surface area (Å²) < 4.78 is 0. The van der Waals surface area contributed by atoms with Crippen molar-refractivity contribution in [2.45, 2.75) is 19.1 Å². The van der Waals surface area contributed by atoms with Crippen LogP contribution in [0.4, 0.5) is 5.95 Å². The SMILES string of the molecule is O=C(NC1CCN(c2nccc(-c3ccccc3)n2)C1)c1ccc(CO)cc1. The first kappa shape index (κ1) is 18.1. The van der Waals surface area contributed by atoms with Gasteiger partial charge in [-0.05, 0) is 30.2 Å². The smallest absolute Gasteiger partial charge is 0.251 e. The van der Waals surface area contributed by atoms with E-state index in [0.717, 1.165) is 29.8 Å². The van der Waals surface area contributed by atoms with Crippen molar-refractivity contribution in [2.24, 2.45) is 0 Å². The number of aromatic nitrogens is 2. The zero-order chi connectivity index (χ0) is 19.3. The summed E-state index contributed by atoms with van der Waals surface area (Å²) >= 11 is 0. The van der Waals surface area contributed by atoms with Crippen LogP contribution in [0.3, 0.4) is 0 Å². The second kappa shape index (κ2) is 8.19. The molecule has 142 valence electrons. The average Bonchev–Trinajstić information content (AvgIpc) is 3.23. The van der Waals surface area contributed by atoms with Gasteiger partial charge >= 0.3 is 0 Å². The van der Waals surface area contributed by atoms with Crippen LogP contribution in [0.2, 0.25) is 0 Å². The second-order valence-electron chi connectivity index (χ2n) is 6.87. The number of aliphatic hydroxyl groups is 1. The predicted octanol–water partition coefficient (Wildman–Crippen LogP) is 2.64. The molecule has 1 saturated heterocycles. The summed E-state index contributed by atoms with van der Waals surface area (Å²) in [6, 6.07) is 19.0. The Morgan fingerprint density at radius 1 is 1.11 bits per heavy atom. The van der Waals surface area contributed by atoms with E-state index in [9.17, 15) is 4.79 Å². The summed E-state index contributed by atoms with van der Waals surface area (Å²) in [6.45, 7) is 1.45. The number of amides is 1. The second-order valence-corrected chi connectivity index (χ2v) is 6.87. The molecule has 1 amide bonds. The molecular formula is C22H22N4O2. The Morgan fingerprint density at radius 2 is 1.89 bits per heavy atom. The van der Waals surface area contributed by atoms with E-state index < -0.39 is 0 Å². The molecule has 1 atom stereocenters. The van der Waals surface area contributed by atoms with E-state index in [1.54, 1.807) is 30.5 Å². The van der Waals surface area contributed by atoms with Crippen molar-refractivity contribution in [1.82, 2.24) is 15.3 Å². The Kier molecular flexibility index (Phi) is 5.30. The maximum absolute atomic E-state index is 12.5. The van der Waals surface area contributed by atoms with Crippen LogP contribution in [0.1, 0.15) is 22.3 Å². The first-order chi connectivity index (χ1) is 13.7. The van der Waals surface area contributed by atoms with Crippen molar-refractivity contribution in [3.63, 3.8) is 0 Å². The Morgan fingerprint density at radius 3 is 2.64 bits per heavy atom. The fraction of sp³-hybridized carbons (Fsp3) is 0.227. The maximum Gasteiger partial charge on any atom is 0.251 e. The van der Waals surface area contributed by atoms with Gasteiger partial charge in [-0.1, -0.05) is 42.5 Å². The third-order valence-electron chi connectivity index (χ3n) is 4.92. The van der Waals surface area contributed by atoms with Gasteiger partial charge in [0.05, 0.1) is 12.3 Å². The van der Waals surface area contributed by atoms with Gasteiger partial charge in [-0.15, -0.1) is 0 Å². The number of rotatable bonds is 5. The number of aliphatic hydroxyl groups excluding tert-OH is 1. The van der Waals surface area contributed by atoms with Gasteiger partial charge in [0, 0.05) is 36.5 Å². The number of benzene rings is 2.